The Hall–Kier alpha value is -1.16. The number of ether oxygens (including phenoxy) is 1. The van der Waals surface area contributed by atoms with Crippen molar-refractivity contribution in [2.24, 2.45) is 11.7 Å². The predicted octanol–water partition coefficient (Wildman–Crippen LogP) is 2.43. The summed E-state index contributed by atoms with van der Waals surface area (Å²) in [5.74, 6) is 0.584. The van der Waals surface area contributed by atoms with Crippen molar-refractivity contribution in [1.29, 1.82) is 0 Å². The Kier molecular flexibility index (Phi) is 4.49. The van der Waals surface area contributed by atoms with Crippen LogP contribution in [0.15, 0.2) is 24.3 Å². The molecule has 0 saturated heterocycles. The summed E-state index contributed by atoms with van der Waals surface area (Å²) in [4.78, 5) is 0. The van der Waals surface area contributed by atoms with Gasteiger partial charge in [0.05, 0.1) is 0 Å². The van der Waals surface area contributed by atoms with E-state index in [0.717, 1.165) is 12.0 Å². The third-order valence-corrected chi connectivity index (χ3v) is 2.14. The fourth-order valence-electron chi connectivity index (χ4n) is 1.29. The van der Waals surface area contributed by atoms with E-state index in [-0.39, 0.29) is 5.75 Å². The molecule has 1 rings (SSSR count). The number of benzene rings is 1. The molecule has 1 atom stereocenters. The van der Waals surface area contributed by atoms with Crippen LogP contribution in [0.1, 0.15) is 12.5 Å². The van der Waals surface area contributed by atoms with Gasteiger partial charge in [-0.25, -0.2) is 0 Å². The maximum absolute atomic E-state index is 11.8. The van der Waals surface area contributed by atoms with E-state index >= 15 is 0 Å². The lowest BCUT2D eigenvalue weighted by atomic mass is 10.0. The van der Waals surface area contributed by atoms with E-state index in [1.807, 2.05) is 6.92 Å². The molecule has 1 aromatic carbocycles. The van der Waals surface area contributed by atoms with Gasteiger partial charge in [0.2, 0.25) is 0 Å². The average Bonchev–Trinajstić information content (AvgIpc) is 2.20. The normalized spacial score (nSPS) is 12.9. The van der Waals surface area contributed by atoms with Crippen LogP contribution < -0.4 is 10.5 Å². The van der Waals surface area contributed by atoms with Crippen molar-refractivity contribution in [2.75, 3.05) is 6.54 Å². The fourth-order valence-corrected chi connectivity index (χ4v) is 1.29. The van der Waals surface area contributed by atoms with Crippen molar-refractivity contribution >= 4 is 0 Å². The average molecular weight is 215 g/mol. The third-order valence-electron chi connectivity index (χ3n) is 2.14. The molecule has 0 heterocycles. The summed E-state index contributed by atoms with van der Waals surface area (Å²) in [6.45, 7) is -0.0995. The molecule has 0 aliphatic heterocycles. The van der Waals surface area contributed by atoms with Gasteiger partial charge in [-0.3, -0.25) is 0 Å². The first kappa shape index (κ1) is 11.9. The second kappa shape index (κ2) is 5.66. The lowest BCUT2D eigenvalue weighted by molar-refractivity contribution is -0.0498. The molecule has 0 aliphatic rings. The number of halogens is 2. The lowest BCUT2D eigenvalue weighted by Gasteiger charge is -2.09. The molecule has 0 spiro atoms. The highest BCUT2D eigenvalue weighted by atomic mass is 19.3. The van der Waals surface area contributed by atoms with Crippen molar-refractivity contribution in [1.82, 2.24) is 0 Å². The lowest BCUT2D eigenvalue weighted by Crippen LogP contribution is -2.13. The number of hydrogen-bond donors (Lipinski definition) is 1. The van der Waals surface area contributed by atoms with Gasteiger partial charge < -0.3 is 10.5 Å². The summed E-state index contributed by atoms with van der Waals surface area (Å²) < 4.78 is 27.9. The molecule has 0 saturated carbocycles. The van der Waals surface area contributed by atoms with Crippen LogP contribution in [0.5, 0.6) is 5.75 Å². The Morgan fingerprint density at radius 3 is 2.33 bits per heavy atom. The van der Waals surface area contributed by atoms with Crippen LogP contribution in [-0.2, 0) is 6.42 Å². The molecule has 15 heavy (non-hydrogen) atoms. The first-order valence-corrected chi connectivity index (χ1v) is 4.85. The van der Waals surface area contributed by atoms with E-state index in [9.17, 15) is 8.78 Å². The molecule has 2 N–H and O–H groups in total. The van der Waals surface area contributed by atoms with Gasteiger partial charge in [0, 0.05) is 0 Å². The topological polar surface area (TPSA) is 35.2 Å². The van der Waals surface area contributed by atoms with E-state index in [4.69, 9.17) is 5.73 Å². The first-order chi connectivity index (χ1) is 7.11. The molecule has 84 valence electrons. The number of rotatable bonds is 5. The van der Waals surface area contributed by atoms with E-state index < -0.39 is 6.61 Å². The predicted molar refractivity (Wildman–Crippen MR) is 55.0 cm³/mol. The molecule has 0 aliphatic carbocycles. The van der Waals surface area contributed by atoms with Crippen molar-refractivity contribution < 1.29 is 13.5 Å². The van der Waals surface area contributed by atoms with Gasteiger partial charge in [-0.1, -0.05) is 19.1 Å². The third kappa shape index (κ3) is 4.25. The Labute approximate surface area is 88.0 Å². The van der Waals surface area contributed by atoms with Crippen molar-refractivity contribution in [3.63, 3.8) is 0 Å². The van der Waals surface area contributed by atoms with Crippen LogP contribution in [-0.4, -0.2) is 13.2 Å². The van der Waals surface area contributed by atoms with Crippen LogP contribution in [0.4, 0.5) is 8.78 Å². The van der Waals surface area contributed by atoms with Gasteiger partial charge in [-0.15, -0.1) is 0 Å². The van der Waals surface area contributed by atoms with E-state index in [0.29, 0.717) is 12.5 Å². The first-order valence-electron chi connectivity index (χ1n) is 4.85. The van der Waals surface area contributed by atoms with Gasteiger partial charge in [0.1, 0.15) is 5.75 Å². The molecule has 0 fully saturated rings. The van der Waals surface area contributed by atoms with Crippen LogP contribution >= 0.6 is 0 Å². The van der Waals surface area contributed by atoms with Crippen molar-refractivity contribution in [3.8, 4) is 5.75 Å². The van der Waals surface area contributed by atoms with Crippen LogP contribution in [0.2, 0.25) is 0 Å². The minimum Gasteiger partial charge on any atom is -0.435 e. The quantitative estimate of drug-likeness (QED) is 0.818. The van der Waals surface area contributed by atoms with Crippen molar-refractivity contribution in [2.45, 2.75) is 20.0 Å². The monoisotopic (exact) mass is 215 g/mol. The zero-order valence-corrected chi connectivity index (χ0v) is 8.62. The summed E-state index contributed by atoms with van der Waals surface area (Å²) in [7, 11) is 0. The Balaban J connectivity index is 2.56. The highest BCUT2D eigenvalue weighted by Gasteiger charge is 2.05. The highest BCUT2D eigenvalue weighted by Crippen LogP contribution is 2.16. The Morgan fingerprint density at radius 1 is 1.27 bits per heavy atom. The SMILES string of the molecule is CC(CN)Cc1ccc(OC(F)F)cc1. The molecule has 0 bridgehead atoms. The Bertz CT molecular complexity index is 287. The molecular weight excluding hydrogens is 200 g/mol. The maximum Gasteiger partial charge on any atom is 0.387 e. The van der Waals surface area contributed by atoms with E-state index in [1.165, 1.54) is 0 Å². The van der Waals surface area contributed by atoms with Crippen LogP contribution in [0, 0.1) is 5.92 Å². The summed E-state index contributed by atoms with van der Waals surface area (Å²) in [6.07, 6.45) is 0.853. The Morgan fingerprint density at radius 2 is 1.87 bits per heavy atom. The minimum absolute atomic E-state index is 0.189. The summed E-state index contributed by atoms with van der Waals surface area (Å²) in [5, 5.41) is 0. The minimum atomic E-state index is -2.76. The van der Waals surface area contributed by atoms with Crippen molar-refractivity contribution in [3.05, 3.63) is 29.8 Å². The van der Waals surface area contributed by atoms with E-state index in [1.54, 1.807) is 24.3 Å². The number of hydrogen-bond acceptors (Lipinski definition) is 2. The smallest absolute Gasteiger partial charge is 0.387 e. The molecule has 0 aromatic heterocycles. The van der Waals surface area contributed by atoms with Crippen LogP contribution in [0.25, 0.3) is 0 Å². The van der Waals surface area contributed by atoms with Gasteiger partial charge in [-0.05, 0) is 36.6 Å². The van der Waals surface area contributed by atoms with Gasteiger partial charge in [0.25, 0.3) is 0 Å². The van der Waals surface area contributed by atoms with Gasteiger partial charge in [-0.2, -0.15) is 8.78 Å². The second-order valence-electron chi connectivity index (χ2n) is 3.57. The fraction of sp³-hybridized carbons (Fsp3) is 0.455. The summed E-state index contributed by atoms with van der Waals surface area (Å²) >= 11 is 0. The van der Waals surface area contributed by atoms with E-state index in [2.05, 4.69) is 4.74 Å². The largest absolute Gasteiger partial charge is 0.435 e. The zero-order chi connectivity index (χ0) is 11.3. The van der Waals surface area contributed by atoms with Gasteiger partial charge in [0.15, 0.2) is 0 Å². The molecule has 4 heteroatoms. The molecule has 1 aromatic rings. The summed E-state index contributed by atoms with van der Waals surface area (Å²) in [5.41, 5.74) is 6.57. The number of alkyl halides is 2. The summed E-state index contributed by atoms with van der Waals surface area (Å²) in [6, 6.07) is 6.66. The molecule has 2 nitrogen and oxygen atoms in total. The molecular formula is C11H15F2NO. The molecule has 1 unspecified atom stereocenters. The second-order valence-corrected chi connectivity index (χ2v) is 3.57. The maximum atomic E-state index is 11.8. The molecule has 0 amide bonds. The zero-order valence-electron chi connectivity index (χ0n) is 8.62. The molecule has 0 radical (unpaired) electrons. The van der Waals surface area contributed by atoms with Crippen LogP contribution in [0.3, 0.4) is 0 Å². The van der Waals surface area contributed by atoms with Gasteiger partial charge >= 0.3 is 6.61 Å². The highest BCUT2D eigenvalue weighted by molar-refractivity contribution is 5.27. The number of nitrogens with two attached hydrogens (primary N) is 1. The standard InChI is InChI=1S/C11H15F2NO/c1-8(7-14)6-9-2-4-10(5-3-9)15-11(12)13/h2-5,8,11H,6-7,14H2,1H3.